The quantitative estimate of drug-likeness (QED) is 0.915. The van der Waals surface area contributed by atoms with E-state index in [0.29, 0.717) is 0 Å². The van der Waals surface area contributed by atoms with Gasteiger partial charge in [0.05, 0.1) is 5.41 Å². The molecular formula is C14H11BrO2. The Morgan fingerprint density at radius 3 is 2.53 bits per heavy atom. The first kappa shape index (κ1) is 10.8. The van der Waals surface area contributed by atoms with Gasteiger partial charge in [-0.25, -0.2) is 0 Å². The second kappa shape index (κ2) is 3.57. The summed E-state index contributed by atoms with van der Waals surface area (Å²) in [6.07, 6.45) is 1.46. The molecule has 0 amide bonds. The van der Waals surface area contributed by atoms with Crippen molar-refractivity contribution in [1.82, 2.24) is 0 Å². The Hall–Kier alpha value is -1.35. The summed E-state index contributed by atoms with van der Waals surface area (Å²) in [6.45, 7) is 0. The van der Waals surface area contributed by atoms with Crippen LogP contribution in [-0.4, -0.2) is 11.1 Å². The average molecular weight is 291 g/mol. The molecule has 3 heteroatoms. The van der Waals surface area contributed by atoms with E-state index < -0.39 is 11.4 Å². The van der Waals surface area contributed by atoms with Gasteiger partial charge in [-0.3, -0.25) is 4.79 Å². The van der Waals surface area contributed by atoms with Gasteiger partial charge in [-0.05, 0) is 35.2 Å². The van der Waals surface area contributed by atoms with E-state index in [1.807, 2.05) is 36.4 Å². The SMILES string of the molecule is O=C(O)C1(c2c(Br)ccc3ccccc23)CC1. The van der Waals surface area contributed by atoms with Crippen molar-refractivity contribution in [3.8, 4) is 0 Å². The van der Waals surface area contributed by atoms with Crippen molar-refractivity contribution in [3.63, 3.8) is 0 Å². The van der Waals surface area contributed by atoms with E-state index in [2.05, 4.69) is 15.9 Å². The lowest BCUT2D eigenvalue weighted by Crippen LogP contribution is -2.20. The summed E-state index contributed by atoms with van der Waals surface area (Å²) in [4.78, 5) is 11.5. The predicted molar refractivity (Wildman–Crippen MR) is 70.2 cm³/mol. The van der Waals surface area contributed by atoms with Crippen LogP contribution in [0, 0.1) is 0 Å². The summed E-state index contributed by atoms with van der Waals surface area (Å²) < 4.78 is 0.899. The van der Waals surface area contributed by atoms with Crippen LogP contribution in [0.25, 0.3) is 10.8 Å². The average Bonchev–Trinajstić information content (AvgIpc) is 3.10. The van der Waals surface area contributed by atoms with Crippen molar-refractivity contribution in [1.29, 1.82) is 0 Å². The molecule has 0 aromatic heterocycles. The maximum atomic E-state index is 11.5. The zero-order chi connectivity index (χ0) is 12.0. The van der Waals surface area contributed by atoms with Crippen LogP contribution in [-0.2, 0) is 10.2 Å². The van der Waals surface area contributed by atoms with Crippen molar-refractivity contribution in [3.05, 3.63) is 46.4 Å². The molecule has 0 aliphatic heterocycles. The monoisotopic (exact) mass is 290 g/mol. The molecule has 0 spiro atoms. The van der Waals surface area contributed by atoms with E-state index in [4.69, 9.17) is 0 Å². The molecule has 1 N–H and O–H groups in total. The Morgan fingerprint density at radius 2 is 1.88 bits per heavy atom. The largest absolute Gasteiger partial charge is 0.481 e. The first-order valence-electron chi connectivity index (χ1n) is 5.56. The zero-order valence-electron chi connectivity index (χ0n) is 9.11. The maximum absolute atomic E-state index is 11.5. The zero-order valence-corrected chi connectivity index (χ0v) is 10.7. The van der Waals surface area contributed by atoms with Crippen LogP contribution in [0.3, 0.4) is 0 Å². The Bertz CT molecular complexity index is 615. The highest BCUT2D eigenvalue weighted by atomic mass is 79.9. The number of rotatable bonds is 2. The molecule has 2 nitrogen and oxygen atoms in total. The molecule has 0 unspecified atom stereocenters. The predicted octanol–water partition coefficient (Wildman–Crippen LogP) is 3.72. The van der Waals surface area contributed by atoms with Gasteiger partial charge in [0.15, 0.2) is 0 Å². The second-order valence-corrected chi connectivity index (χ2v) is 5.39. The molecule has 0 radical (unpaired) electrons. The van der Waals surface area contributed by atoms with Crippen LogP contribution in [0.15, 0.2) is 40.9 Å². The van der Waals surface area contributed by atoms with E-state index in [9.17, 15) is 9.90 Å². The van der Waals surface area contributed by atoms with Gasteiger partial charge >= 0.3 is 5.97 Å². The van der Waals surface area contributed by atoms with Crippen LogP contribution < -0.4 is 0 Å². The van der Waals surface area contributed by atoms with Gasteiger partial charge in [0.2, 0.25) is 0 Å². The normalized spacial score (nSPS) is 17.0. The van der Waals surface area contributed by atoms with Gasteiger partial charge in [-0.15, -0.1) is 0 Å². The third kappa shape index (κ3) is 1.49. The standard InChI is InChI=1S/C14H11BrO2/c15-11-6-5-9-3-1-2-4-10(9)12(11)14(7-8-14)13(16)17/h1-6H,7-8H2,(H,16,17). The number of carboxylic acid groups (broad SMARTS) is 1. The summed E-state index contributed by atoms with van der Waals surface area (Å²) >= 11 is 3.50. The molecule has 0 bridgehead atoms. The minimum absolute atomic E-state index is 0.667. The number of aliphatic carboxylic acids is 1. The minimum Gasteiger partial charge on any atom is -0.481 e. The van der Waals surface area contributed by atoms with Gasteiger partial charge in [0.1, 0.15) is 0 Å². The number of halogens is 1. The Morgan fingerprint density at radius 1 is 1.18 bits per heavy atom. The molecule has 1 fully saturated rings. The number of hydrogen-bond donors (Lipinski definition) is 1. The third-order valence-corrected chi connectivity index (χ3v) is 4.18. The number of hydrogen-bond acceptors (Lipinski definition) is 1. The van der Waals surface area contributed by atoms with Crippen molar-refractivity contribution < 1.29 is 9.90 Å². The molecule has 1 aliphatic carbocycles. The van der Waals surface area contributed by atoms with E-state index in [0.717, 1.165) is 33.7 Å². The Balaban J connectivity index is 2.35. The van der Waals surface area contributed by atoms with Crippen molar-refractivity contribution in [2.45, 2.75) is 18.3 Å². The van der Waals surface area contributed by atoms with Gasteiger partial charge < -0.3 is 5.11 Å². The summed E-state index contributed by atoms with van der Waals surface area (Å²) in [7, 11) is 0. The van der Waals surface area contributed by atoms with E-state index >= 15 is 0 Å². The first-order chi connectivity index (χ1) is 8.15. The van der Waals surface area contributed by atoms with E-state index in [1.54, 1.807) is 0 Å². The molecule has 17 heavy (non-hydrogen) atoms. The number of benzene rings is 2. The lowest BCUT2D eigenvalue weighted by Gasteiger charge is -2.15. The van der Waals surface area contributed by atoms with Crippen LogP contribution in [0.2, 0.25) is 0 Å². The van der Waals surface area contributed by atoms with Gasteiger partial charge in [0.25, 0.3) is 0 Å². The fourth-order valence-electron chi connectivity index (χ4n) is 2.43. The highest BCUT2D eigenvalue weighted by Crippen LogP contribution is 2.52. The molecule has 86 valence electrons. The van der Waals surface area contributed by atoms with E-state index in [-0.39, 0.29) is 0 Å². The molecule has 0 atom stereocenters. The molecule has 0 heterocycles. The molecular weight excluding hydrogens is 280 g/mol. The van der Waals surface area contributed by atoms with Crippen molar-refractivity contribution in [2.24, 2.45) is 0 Å². The fourth-order valence-corrected chi connectivity index (χ4v) is 3.15. The Kier molecular flexibility index (Phi) is 2.26. The van der Waals surface area contributed by atoms with E-state index in [1.165, 1.54) is 0 Å². The van der Waals surface area contributed by atoms with Crippen LogP contribution in [0.1, 0.15) is 18.4 Å². The maximum Gasteiger partial charge on any atom is 0.314 e. The fraction of sp³-hybridized carbons (Fsp3) is 0.214. The van der Waals surface area contributed by atoms with Gasteiger partial charge in [-0.1, -0.05) is 46.3 Å². The molecule has 0 saturated heterocycles. The summed E-state index contributed by atoms with van der Waals surface area (Å²) in [5.74, 6) is -0.713. The minimum atomic E-state index is -0.713. The molecule has 2 aromatic rings. The Labute approximate surface area is 107 Å². The molecule has 1 aliphatic rings. The topological polar surface area (TPSA) is 37.3 Å². The van der Waals surface area contributed by atoms with Crippen LogP contribution >= 0.6 is 15.9 Å². The van der Waals surface area contributed by atoms with Crippen molar-refractivity contribution in [2.75, 3.05) is 0 Å². The lowest BCUT2D eigenvalue weighted by atomic mass is 9.91. The highest BCUT2D eigenvalue weighted by molar-refractivity contribution is 9.10. The van der Waals surface area contributed by atoms with Crippen molar-refractivity contribution >= 4 is 32.7 Å². The molecule has 3 rings (SSSR count). The number of carbonyl (C=O) groups is 1. The van der Waals surface area contributed by atoms with Crippen LogP contribution in [0.4, 0.5) is 0 Å². The summed E-state index contributed by atoms with van der Waals surface area (Å²) in [5.41, 5.74) is 0.266. The third-order valence-electron chi connectivity index (χ3n) is 3.52. The highest BCUT2D eigenvalue weighted by Gasteiger charge is 2.53. The second-order valence-electron chi connectivity index (χ2n) is 4.53. The molecule has 1 saturated carbocycles. The number of fused-ring (bicyclic) bond motifs is 1. The summed E-state index contributed by atoms with van der Waals surface area (Å²) in [6, 6.07) is 11.9. The first-order valence-corrected chi connectivity index (χ1v) is 6.35. The lowest BCUT2D eigenvalue weighted by molar-refractivity contribution is -0.140. The summed E-state index contributed by atoms with van der Waals surface area (Å²) in [5, 5.41) is 11.6. The molecule has 2 aromatic carbocycles. The van der Waals surface area contributed by atoms with Gasteiger partial charge in [0, 0.05) is 4.47 Å². The van der Waals surface area contributed by atoms with Crippen LogP contribution in [0.5, 0.6) is 0 Å². The smallest absolute Gasteiger partial charge is 0.314 e. The number of carboxylic acids is 1. The van der Waals surface area contributed by atoms with Gasteiger partial charge in [-0.2, -0.15) is 0 Å².